The number of ether oxygens (including phenoxy) is 2. The van der Waals surface area contributed by atoms with E-state index in [9.17, 15) is 4.79 Å². The molecule has 1 saturated heterocycles. The molecule has 0 unspecified atom stereocenters. The van der Waals surface area contributed by atoms with E-state index in [1.54, 1.807) is 14.2 Å². The molecular formula is C20H20N2O3S. The molecule has 1 N–H and O–H groups in total. The molecule has 2 aromatic rings. The Balaban J connectivity index is 1.89. The van der Waals surface area contributed by atoms with Crippen molar-refractivity contribution in [2.45, 2.75) is 13.8 Å². The van der Waals surface area contributed by atoms with Gasteiger partial charge in [-0.2, -0.15) is 0 Å². The first kappa shape index (κ1) is 18.1. The number of aryl methyl sites for hydroxylation is 2. The number of amidine groups is 1. The Kier molecular flexibility index (Phi) is 5.32. The minimum atomic E-state index is -0.157. The summed E-state index contributed by atoms with van der Waals surface area (Å²) < 4.78 is 10.7. The van der Waals surface area contributed by atoms with Gasteiger partial charge in [0.2, 0.25) is 0 Å². The van der Waals surface area contributed by atoms with E-state index in [1.807, 2.05) is 56.3 Å². The molecule has 1 amide bonds. The number of carbonyl (C=O) groups excluding carboxylic acids is 1. The summed E-state index contributed by atoms with van der Waals surface area (Å²) in [4.78, 5) is 17.4. The monoisotopic (exact) mass is 368 g/mol. The van der Waals surface area contributed by atoms with Crippen LogP contribution in [0.5, 0.6) is 11.5 Å². The van der Waals surface area contributed by atoms with Gasteiger partial charge >= 0.3 is 0 Å². The fraction of sp³-hybridized carbons (Fsp3) is 0.200. The Morgan fingerprint density at radius 2 is 1.81 bits per heavy atom. The number of thioether (sulfide) groups is 1. The van der Waals surface area contributed by atoms with Gasteiger partial charge in [0.25, 0.3) is 5.91 Å². The molecule has 0 bridgehead atoms. The van der Waals surface area contributed by atoms with E-state index < -0.39 is 0 Å². The fourth-order valence-electron chi connectivity index (χ4n) is 2.59. The van der Waals surface area contributed by atoms with Crippen LogP contribution in [0.2, 0.25) is 0 Å². The van der Waals surface area contributed by atoms with Crippen molar-refractivity contribution in [2.75, 3.05) is 14.2 Å². The fourth-order valence-corrected chi connectivity index (χ4v) is 3.42. The maximum absolute atomic E-state index is 12.3. The van der Waals surface area contributed by atoms with Gasteiger partial charge in [0, 0.05) is 0 Å². The first-order valence-electron chi connectivity index (χ1n) is 8.09. The molecule has 0 aromatic heterocycles. The third-order valence-corrected chi connectivity index (χ3v) is 4.85. The zero-order valence-corrected chi connectivity index (χ0v) is 15.9. The van der Waals surface area contributed by atoms with Crippen molar-refractivity contribution >= 4 is 34.6 Å². The zero-order valence-electron chi connectivity index (χ0n) is 15.1. The first-order chi connectivity index (χ1) is 12.5. The Hall–Kier alpha value is -2.73. The van der Waals surface area contributed by atoms with Crippen molar-refractivity contribution < 1.29 is 14.3 Å². The lowest BCUT2D eigenvalue weighted by Crippen LogP contribution is -2.19. The second-order valence-corrected chi connectivity index (χ2v) is 6.92. The molecule has 134 valence electrons. The van der Waals surface area contributed by atoms with Crippen molar-refractivity contribution in [3.63, 3.8) is 0 Å². The lowest BCUT2D eigenvalue weighted by Gasteiger charge is -2.10. The van der Waals surface area contributed by atoms with Crippen LogP contribution in [0.15, 0.2) is 46.3 Å². The highest BCUT2D eigenvalue weighted by molar-refractivity contribution is 8.18. The van der Waals surface area contributed by atoms with Crippen LogP contribution in [0, 0.1) is 13.8 Å². The number of nitrogens with zero attached hydrogens (tertiary/aromatic N) is 1. The number of hydrogen-bond acceptors (Lipinski definition) is 5. The number of amides is 1. The maximum Gasteiger partial charge on any atom is 0.264 e. The third kappa shape index (κ3) is 3.91. The number of nitrogens with one attached hydrogen (secondary N) is 1. The topological polar surface area (TPSA) is 59.9 Å². The van der Waals surface area contributed by atoms with Crippen LogP contribution in [0.3, 0.4) is 0 Å². The maximum atomic E-state index is 12.3. The van der Waals surface area contributed by atoms with Gasteiger partial charge in [-0.05, 0) is 72.6 Å². The van der Waals surface area contributed by atoms with E-state index in [2.05, 4.69) is 10.3 Å². The summed E-state index contributed by atoms with van der Waals surface area (Å²) in [6.07, 6.45) is 1.84. The zero-order chi connectivity index (χ0) is 18.7. The second kappa shape index (κ2) is 7.66. The molecule has 0 atom stereocenters. The van der Waals surface area contributed by atoms with Crippen molar-refractivity contribution in [1.82, 2.24) is 5.32 Å². The van der Waals surface area contributed by atoms with Crippen LogP contribution in [0.4, 0.5) is 5.69 Å². The number of aliphatic imine (C=N–C) groups is 1. The second-order valence-electron chi connectivity index (χ2n) is 5.88. The summed E-state index contributed by atoms with van der Waals surface area (Å²) in [5.74, 6) is 1.13. The molecule has 1 fully saturated rings. The molecule has 0 radical (unpaired) electrons. The van der Waals surface area contributed by atoms with E-state index >= 15 is 0 Å². The molecule has 6 heteroatoms. The molecule has 2 aromatic carbocycles. The Morgan fingerprint density at radius 1 is 1.08 bits per heavy atom. The smallest absolute Gasteiger partial charge is 0.264 e. The van der Waals surface area contributed by atoms with Gasteiger partial charge in [0.15, 0.2) is 16.7 Å². The molecule has 1 heterocycles. The number of methoxy groups -OCH3 is 2. The SMILES string of the molecule is COc1cc(C)c(C=C2SC(=Nc3cccc(C)c3)NC2=O)cc1OC. The largest absolute Gasteiger partial charge is 0.493 e. The van der Waals surface area contributed by atoms with Crippen LogP contribution in [0.1, 0.15) is 16.7 Å². The summed E-state index contributed by atoms with van der Waals surface area (Å²) in [7, 11) is 3.19. The van der Waals surface area contributed by atoms with Crippen molar-refractivity contribution in [3.05, 3.63) is 58.0 Å². The molecule has 0 spiro atoms. The van der Waals surface area contributed by atoms with Crippen molar-refractivity contribution in [3.8, 4) is 11.5 Å². The summed E-state index contributed by atoms with van der Waals surface area (Å²) in [6, 6.07) is 11.6. The number of rotatable bonds is 4. The first-order valence-corrected chi connectivity index (χ1v) is 8.90. The molecule has 0 aliphatic carbocycles. The molecule has 5 nitrogen and oxygen atoms in total. The van der Waals surface area contributed by atoms with Crippen molar-refractivity contribution in [1.29, 1.82) is 0 Å². The third-order valence-electron chi connectivity index (χ3n) is 3.94. The molecule has 0 saturated carbocycles. The average molecular weight is 368 g/mol. The number of carbonyl (C=O) groups is 1. The molecule has 1 aliphatic rings. The van der Waals surface area contributed by atoms with Gasteiger partial charge in [-0.15, -0.1) is 0 Å². The Morgan fingerprint density at radius 3 is 2.50 bits per heavy atom. The Labute approximate surface area is 157 Å². The van der Waals surface area contributed by atoms with Gasteiger partial charge in [0.05, 0.1) is 24.8 Å². The minimum absolute atomic E-state index is 0.157. The van der Waals surface area contributed by atoms with E-state index in [-0.39, 0.29) is 5.91 Å². The van der Waals surface area contributed by atoms with Crippen LogP contribution in [-0.4, -0.2) is 25.3 Å². The molecule has 1 aliphatic heterocycles. The van der Waals surface area contributed by atoms with E-state index in [0.29, 0.717) is 21.6 Å². The quantitative estimate of drug-likeness (QED) is 0.821. The molecule has 26 heavy (non-hydrogen) atoms. The van der Waals surface area contributed by atoms with E-state index in [0.717, 1.165) is 22.4 Å². The van der Waals surface area contributed by atoms with Gasteiger partial charge in [-0.3, -0.25) is 4.79 Å². The van der Waals surface area contributed by atoms with Crippen molar-refractivity contribution in [2.24, 2.45) is 4.99 Å². The minimum Gasteiger partial charge on any atom is -0.493 e. The number of hydrogen-bond donors (Lipinski definition) is 1. The Bertz CT molecular complexity index is 919. The average Bonchev–Trinajstić information content (AvgIpc) is 2.95. The van der Waals surface area contributed by atoms with Crippen LogP contribution in [-0.2, 0) is 4.79 Å². The van der Waals surface area contributed by atoms with E-state index in [1.165, 1.54) is 11.8 Å². The molecule has 3 rings (SSSR count). The standard InChI is InChI=1S/C20H20N2O3S/c1-12-6-5-7-15(8-12)21-20-22-19(23)18(26-20)11-14-10-17(25-4)16(24-3)9-13(14)2/h5-11H,1-4H3,(H,21,22,23). The molecular weight excluding hydrogens is 348 g/mol. The summed E-state index contributed by atoms with van der Waals surface area (Å²) in [5.41, 5.74) is 3.83. The predicted octanol–water partition coefficient (Wildman–Crippen LogP) is 4.21. The highest BCUT2D eigenvalue weighted by Crippen LogP contribution is 2.34. The van der Waals surface area contributed by atoms with Gasteiger partial charge in [0.1, 0.15) is 0 Å². The van der Waals surface area contributed by atoms with Gasteiger partial charge in [-0.25, -0.2) is 4.99 Å². The van der Waals surface area contributed by atoms with Crippen LogP contribution < -0.4 is 14.8 Å². The summed E-state index contributed by atoms with van der Waals surface area (Å²) in [6.45, 7) is 3.98. The van der Waals surface area contributed by atoms with Crippen LogP contribution >= 0.6 is 11.8 Å². The van der Waals surface area contributed by atoms with Crippen LogP contribution in [0.25, 0.3) is 6.08 Å². The lowest BCUT2D eigenvalue weighted by molar-refractivity contribution is -0.115. The van der Waals surface area contributed by atoms with E-state index in [4.69, 9.17) is 9.47 Å². The van der Waals surface area contributed by atoms with Gasteiger partial charge in [-0.1, -0.05) is 12.1 Å². The predicted molar refractivity (Wildman–Crippen MR) is 106 cm³/mol. The normalized spacial score (nSPS) is 16.8. The highest BCUT2D eigenvalue weighted by Gasteiger charge is 2.24. The summed E-state index contributed by atoms with van der Waals surface area (Å²) >= 11 is 1.32. The number of benzene rings is 2. The van der Waals surface area contributed by atoms with Gasteiger partial charge < -0.3 is 14.8 Å². The summed E-state index contributed by atoms with van der Waals surface area (Å²) in [5, 5.41) is 3.39. The lowest BCUT2D eigenvalue weighted by atomic mass is 10.1. The highest BCUT2D eigenvalue weighted by atomic mass is 32.2.